The first kappa shape index (κ1) is 13.4. The summed E-state index contributed by atoms with van der Waals surface area (Å²) in [7, 11) is 0. The van der Waals surface area contributed by atoms with Gasteiger partial charge in [0.15, 0.2) is 0 Å². The Kier molecular flexibility index (Phi) is 4.04. The number of amides is 1. The van der Waals surface area contributed by atoms with Crippen LogP contribution in [-0.4, -0.2) is 34.7 Å². The predicted octanol–water partition coefficient (Wildman–Crippen LogP) is 2.12. The lowest BCUT2D eigenvalue weighted by atomic mass is 9.88. The van der Waals surface area contributed by atoms with Crippen molar-refractivity contribution >= 4 is 12.1 Å². The summed E-state index contributed by atoms with van der Waals surface area (Å²) in [4.78, 5) is 24.1. The maximum absolute atomic E-state index is 11.8. The summed E-state index contributed by atoms with van der Waals surface area (Å²) >= 11 is 0. The number of carboxylic acid groups (broad SMARTS) is 1. The fourth-order valence-corrected chi connectivity index (χ4v) is 2.24. The van der Waals surface area contributed by atoms with Gasteiger partial charge in [0, 0.05) is 12.6 Å². The fourth-order valence-electron chi connectivity index (χ4n) is 2.24. The summed E-state index contributed by atoms with van der Waals surface area (Å²) in [6.07, 6.45) is -0.463. The highest BCUT2D eigenvalue weighted by Crippen LogP contribution is 2.28. The third kappa shape index (κ3) is 3.24. The molecule has 1 aliphatic rings. The number of benzene rings is 1. The quantitative estimate of drug-likeness (QED) is 0.903. The summed E-state index contributed by atoms with van der Waals surface area (Å²) in [6.45, 7) is 2.71. The van der Waals surface area contributed by atoms with Crippen molar-refractivity contribution in [2.75, 3.05) is 6.54 Å². The second kappa shape index (κ2) is 5.73. The van der Waals surface area contributed by atoms with E-state index in [9.17, 15) is 9.59 Å². The molecule has 0 aromatic heterocycles. The molecular weight excluding hydrogens is 246 g/mol. The highest BCUT2D eigenvalue weighted by molar-refractivity contribution is 5.73. The molecule has 1 aliphatic heterocycles. The van der Waals surface area contributed by atoms with Gasteiger partial charge >= 0.3 is 12.1 Å². The van der Waals surface area contributed by atoms with E-state index in [2.05, 4.69) is 0 Å². The Labute approximate surface area is 111 Å². The number of carboxylic acids is 1. The van der Waals surface area contributed by atoms with E-state index in [1.54, 1.807) is 0 Å². The number of carbonyl (C=O) groups excluding carboxylic acids is 1. The average molecular weight is 263 g/mol. The molecule has 1 aromatic carbocycles. The van der Waals surface area contributed by atoms with Gasteiger partial charge in [-0.25, -0.2) is 4.79 Å². The van der Waals surface area contributed by atoms with Crippen LogP contribution in [0.1, 0.15) is 18.9 Å². The lowest BCUT2D eigenvalue weighted by Gasteiger charge is -2.45. The predicted molar refractivity (Wildman–Crippen MR) is 68.5 cm³/mol. The van der Waals surface area contributed by atoms with Crippen LogP contribution in [0.2, 0.25) is 0 Å². The van der Waals surface area contributed by atoms with Crippen LogP contribution in [0.3, 0.4) is 0 Å². The Bertz CT molecular complexity index is 460. The number of carbonyl (C=O) groups is 2. The highest BCUT2D eigenvalue weighted by atomic mass is 16.6. The van der Waals surface area contributed by atoms with Crippen LogP contribution in [0.5, 0.6) is 0 Å². The van der Waals surface area contributed by atoms with Crippen LogP contribution in [0.4, 0.5) is 4.79 Å². The first-order valence-electron chi connectivity index (χ1n) is 6.27. The number of rotatable bonds is 4. The first-order valence-corrected chi connectivity index (χ1v) is 6.27. The summed E-state index contributed by atoms with van der Waals surface area (Å²) in [6, 6.07) is 9.15. The van der Waals surface area contributed by atoms with Crippen LogP contribution < -0.4 is 0 Å². The van der Waals surface area contributed by atoms with Crippen LogP contribution in [0, 0.1) is 5.92 Å². The molecule has 0 unspecified atom stereocenters. The maximum atomic E-state index is 11.8. The standard InChI is InChI=1S/C14H17NO4/c1-10-8-15(12(10)7-13(16)17)14(18)19-9-11-5-3-2-4-6-11/h2-6,10,12H,7-9H2,1H3,(H,16,17)/t10-,12+/m0/s1. The zero-order valence-electron chi connectivity index (χ0n) is 10.8. The summed E-state index contributed by atoms with van der Waals surface area (Å²) in [5.74, 6) is -0.683. The van der Waals surface area contributed by atoms with Crippen molar-refractivity contribution in [1.82, 2.24) is 4.90 Å². The molecule has 0 aliphatic carbocycles. The fraction of sp³-hybridized carbons (Fsp3) is 0.429. The van der Waals surface area contributed by atoms with Crippen molar-refractivity contribution in [2.24, 2.45) is 5.92 Å². The van der Waals surface area contributed by atoms with Gasteiger partial charge in [0.1, 0.15) is 6.61 Å². The van der Waals surface area contributed by atoms with E-state index in [0.717, 1.165) is 5.56 Å². The lowest BCUT2D eigenvalue weighted by molar-refractivity contribution is -0.140. The normalized spacial score (nSPS) is 21.6. The van der Waals surface area contributed by atoms with Gasteiger partial charge in [-0.3, -0.25) is 4.79 Å². The van der Waals surface area contributed by atoms with Crippen molar-refractivity contribution in [2.45, 2.75) is 26.0 Å². The van der Waals surface area contributed by atoms with Crippen molar-refractivity contribution in [3.05, 3.63) is 35.9 Å². The number of hydrogen-bond acceptors (Lipinski definition) is 3. The van der Waals surface area contributed by atoms with E-state index in [4.69, 9.17) is 9.84 Å². The third-order valence-corrected chi connectivity index (χ3v) is 3.37. The average Bonchev–Trinajstić information content (AvgIpc) is 2.40. The van der Waals surface area contributed by atoms with Gasteiger partial charge in [0.2, 0.25) is 0 Å². The van der Waals surface area contributed by atoms with Crippen molar-refractivity contribution in [3.8, 4) is 0 Å². The monoisotopic (exact) mass is 263 g/mol. The summed E-state index contributed by atoms with van der Waals surface area (Å²) in [5, 5.41) is 8.80. The Balaban J connectivity index is 1.85. The molecule has 5 heteroatoms. The zero-order valence-corrected chi connectivity index (χ0v) is 10.8. The van der Waals surface area contributed by atoms with Gasteiger partial charge < -0.3 is 14.7 Å². The number of ether oxygens (including phenoxy) is 1. The summed E-state index contributed by atoms with van der Waals surface area (Å²) in [5.41, 5.74) is 0.916. The minimum atomic E-state index is -0.891. The minimum absolute atomic E-state index is 0.0262. The van der Waals surface area contributed by atoms with Crippen LogP contribution >= 0.6 is 0 Å². The van der Waals surface area contributed by atoms with Crippen LogP contribution in [0.25, 0.3) is 0 Å². The van der Waals surface area contributed by atoms with E-state index in [1.807, 2.05) is 37.3 Å². The van der Waals surface area contributed by atoms with Crippen molar-refractivity contribution in [3.63, 3.8) is 0 Å². The highest BCUT2D eigenvalue weighted by Gasteiger charge is 2.41. The molecule has 1 aromatic rings. The molecular formula is C14H17NO4. The molecule has 1 N–H and O–H groups in total. The molecule has 102 valence electrons. The molecule has 0 bridgehead atoms. The molecule has 1 amide bonds. The molecule has 0 spiro atoms. The Hall–Kier alpha value is -2.04. The molecule has 1 heterocycles. The minimum Gasteiger partial charge on any atom is -0.481 e. The van der Waals surface area contributed by atoms with Crippen LogP contribution in [0.15, 0.2) is 30.3 Å². The second-order valence-corrected chi connectivity index (χ2v) is 4.84. The van der Waals surface area contributed by atoms with Crippen molar-refractivity contribution < 1.29 is 19.4 Å². The summed E-state index contributed by atoms with van der Waals surface area (Å²) < 4.78 is 5.19. The second-order valence-electron chi connectivity index (χ2n) is 4.84. The Morgan fingerprint density at radius 3 is 2.63 bits per heavy atom. The molecule has 0 radical (unpaired) electrons. The number of aliphatic carboxylic acids is 1. The van der Waals surface area contributed by atoms with E-state index < -0.39 is 12.1 Å². The topological polar surface area (TPSA) is 66.8 Å². The first-order chi connectivity index (χ1) is 9.08. The third-order valence-electron chi connectivity index (χ3n) is 3.37. The Morgan fingerprint density at radius 2 is 2.05 bits per heavy atom. The van der Waals surface area contributed by atoms with Gasteiger partial charge in [-0.05, 0) is 11.5 Å². The number of likely N-dealkylation sites (tertiary alicyclic amines) is 1. The molecule has 19 heavy (non-hydrogen) atoms. The zero-order chi connectivity index (χ0) is 13.8. The van der Waals surface area contributed by atoms with Gasteiger partial charge in [0.05, 0.1) is 6.42 Å². The smallest absolute Gasteiger partial charge is 0.410 e. The lowest BCUT2D eigenvalue weighted by Crippen LogP contribution is -2.58. The van der Waals surface area contributed by atoms with E-state index in [-0.39, 0.29) is 25.0 Å². The molecule has 2 rings (SSSR count). The molecule has 2 atom stereocenters. The van der Waals surface area contributed by atoms with Gasteiger partial charge in [-0.1, -0.05) is 37.3 Å². The van der Waals surface area contributed by atoms with Gasteiger partial charge in [0.25, 0.3) is 0 Å². The maximum Gasteiger partial charge on any atom is 0.410 e. The molecule has 1 fully saturated rings. The SMILES string of the molecule is C[C@H]1CN(C(=O)OCc2ccccc2)[C@@H]1CC(=O)O. The van der Waals surface area contributed by atoms with Gasteiger partial charge in [-0.2, -0.15) is 0 Å². The largest absolute Gasteiger partial charge is 0.481 e. The Morgan fingerprint density at radius 1 is 1.37 bits per heavy atom. The van der Waals surface area contributed by atoms with Crippen LogP contribution in [-0.2, 0) is 16.1 Å². The van der Waals surface area contributed by atoms with E-state index in [0.29, 0.717) is 6.54 Å². The van der Waals surface area contributed by atoms with E-state index in [1.165, 1.54) is 4.90 Å². The molecule has 5 nitrogen and oxygen atoms in total. The number of hydrogen-bond donors (Lipinski definition) is 1. The van der Waals surface area contributed by atoms with E-state index >= 15 is 0 Å². The molecule has 1 saturated heterocycles. The number of nitrogens with zero attached hydrogens (tertiary/aromatic N) is 1. The molecule has 0 saturated carbocycles. The van der Waals surface area contributed by atoms with Crippen molar-refractivity contribution in [1.29, 1.82) is 0 Å². The van der Waals surface area contributed by atoms with Gasteiger partial charge in [-0.15, -0.1) is 0 Å².